The number of benzene rings is 1. The Bertz CT molecular complexity index is 540. The van der Waals surface area contributed by atoms with Crippen molar-refractivity contribution >= 4 is 28.1 Å². The number of thiocarbonyl (C=S) groups is 1. The molecule has 0 unspecified atom stereocenters. The summed E-state index contributed by atoms with van der Waals surface area (Å²) < 4.78 is 2.27. The van der Waals surface area contributed by atoms with E-state index in [9.17, 15) is 0 Å². The molecule has 2 rings (SSSR count). The molecule has 2 N–H and O–H groups in total. The number of aryl methyl sites for hydroxylation is 1. The van der Waals surface area contributed by atoms with E-state index in [4.69, 9.17) is 18.0 Å². The lowest BCUT2D eigenvalue weighted by molar-refractivity contribution is 0.524. The molecule has 1 aromatic carbocycles. The predicted octanol–water partition coefficient (Wildman–Crippen LogP) is 3.32. The van der Waals surface area contributed by atoms with Crippen molar-refractivity contribution in [1.82, 2.24) is 4.57 Å². The van der Waals surface area contributed by atoms with Crippen LogP contribution < -0.4 is 5.73 Å². The Kier molecular flexibility index (Phi) is 3.48. The van der Waals surface area contributed by atoms with E-state index in [1.54, 1.807) is 0 Å². The lowest BCUT2D eigenvalue weighted by Crippen LogP contribution is -2.09. The molecule has 0 aliphatic carbocycles. The summed E-state index contributed by atoms with van der Waals surface area (Å²) in [5.41, 5.74) is 7.83. The largest absolute Gasteiger partial charge is 0.389 e. The molecule has 0 radical (unpaired) electrons. The molecule has 90 valence electrons. The molecular formula is C14H18N2S. The highest BCUT2D eigenvalue weighted by Crippen LogP contribution is 2.19. The lowest BCUT2D eigenvalue weighted by Gasteiger charge is -2.08. The van der Waals surface area contributed by atoms with Crippen molar-refractivity contribution in [2.45, 2.75) is 26.8 Å². The monoisotopic (exact) mass is 246 g/mol. The minimum absolute atomic E-state index is 0.462. The zero-order valence-corrected chi connectivity index (χ0v) is 11.1. The highest BCUT2D eigenvalue weighted by Gasteiger charge is 2.04. The summed E-state index contributed by atoms with van der Waals surface area (Å²) in [7, 11) is 0. The first-order valence-corrected chi connectivity index (χ1v) is 6.37. The Morgan fingerprint density at radius 1 is 1.35 bits per heavy atom. The minimum Gasteiger partial charge on any atom is -0.389 e. The minimum atomic E-state index is 0.462. The summed E-state index contributed by atoms with van der Waals surface area (Å²) in [6.07, 6.45) is 3.32. The molecule has 3 heteroatoms. The van der Waals surface area contributed by atoms with Gasteiger partial charge in [0, 0.05) is 23.8 Å². The van der Waals surface area contributed by atoms with Gasteiger partial charge in [0.05, 0.1) is 0 Å². The maximum atomic E-state index is 5.67. The van der Waals surface area contributed by atoms with Gasteiger partial charge < -0.3 is 10.3 Å². The van der Waals surface area contributed by atoms with Crippen molar-refractivity contribution in [1.29, 1.82) is 0 Å². The molecule has 0 saturated heterocycles. The third-order valence-corrected chi connectivity index (χ3v) is 3.24. The number of hydrogen-bond acceptors (Lipinski definition) is 1. The summed E-state index contributed by atoms with van der Waals surface area (Å²) in [6.45, 7) is 5.53. The van der Waals surface area contributed by atoms with Gasteiger partial charge >= 0.3 is 0 Å². The van der Waals surface area contributed by atoms with Gasteiger partial charge in [-0.25, -0.2) is 0 Å². The van der Waals surface area contributed by atoms with Gasteiger partial charge in [-0.05, 0) is 29.9 Å². The lowest BCUT2D eigenvalue weighted by atomic mass is 10.1. The molecule has 1 heterocycles. The van der Waals surface area contributed by atoms with Crippen molar-refractivity contribution in [2.75, 3.05) is 0 Å². The molecule has 0 spiro atoms. The third-order valence-electron chi connectivity index (χ3n) is 3.01. The van der Waals surface area contributed by atoms with Crippen LogP contribution in [-0.2, 0) is 6.54 Å². The van der Waals surface area contributed by atoms with Crippen molar-refractivity contribution in [2.24, 2.45) is 11.7 Å². The van der Waals surface area contributed by atoms with Crippen LogP contribution in [0.15, 0.2) is 30.5 Å². The summed E-state index contributed by atoms with van der Waals surface area (Å²) in [4.78, 5) is 0.462. The molecule has 0 fully saturated rings. The molecule has 17 heavy (non-hydrogen) atoms. The molecule has 0 bridgehead atoms. The van der Waals surface area contributed by atoms with E-state index < -0.39 is 0 Å². The normalized spacial score (nSPS) is 11.2. The highest BCUT2D eigenvalue weighted by molar-refractivity contribution is 7.80. The van der Waals surface area contributed by atoms with Crippen molar-refractivity contribution in [3.63, 3.8) is 0 Å². The van der Waals surface area contributed by atoms with Crippen molar-refractivity contribution in [3.05, 3.63) is 36.0 Å². The van der Waals surface area contributed by atoms with Gasteiger partial charge in [-0.2, -0.15) is 0 Å². The molecule has 2 nitrogen and oxygen atoms in total. The molecule has 0 aliphatic rings. The van der Waals surface area contributed by atoms with Crippen LogP contribution in [-0.4, -0.2) is 9.56 Å². The van der Waals surface area contributed by atoms with E-state index in [0.717, 1.165) is 12.1 Å². The van der Waals surface area contributed by atoms with Crippen molar-refractivity contribution < 1.29 is 0 Å². The van der Waals surface area contributed by atoms with Crippen LogP contribution >= 0.6 is 12.2 Å². The second kappa shape index (κ2) is 4.88. The molecule has 0 atom stereocenters. The Morgan fingerprint density at radius 3 is 2.76 bits per heavy atom. The average molecular weight is 246 g/mol. The third kappa shape index (κ3) is 2.67. The van der Waals surface area contributed by atoms with Crippen LogP contribution in [0.2, 0.25) is 0 Å². The second-order valence-corrected chi connectivity index (χ2v) is 5.27. The van der Waals surface area contributed by atoms with E-state index in [-0.39, 0.29) is 0 Å². The van der Waals surface area contributed by atoms with Crippen LogP contribution in [0, 0.1) is 5.92 Å². The van der Waals surface area contributed by atoms with Crippen molar-refractivity contribution in [3.8, 4) is 0 Å². The fourth-order valence-corrected chi connectivity index (χ4v) is 2.06. The summed E-state index contributed by atoms with van der Waals surface area (Å²) >= 11 is 5.02. The Hall–Kier alpha value is -1.35. The topological polar surface area (TPSA) is 30.9 Å². The van der Waals surface area contributed by atoms with Gasteiger partial charge in [0.25, 0.3) is 0 Å². The maximum absolute atomic E-state index is 5.67. The second-order valence-electron chi connectivity index (χ2n) is 4.83. The van der Waals surface area contributed by atoms with Gasteiger partial charge in [-0.15, -0.1) is 0 Å². The number of rotatable bonds is 4. The van der Waals surface area contributed by atoms with Gasteiger partial charge in [0.15, 0.2) is 0 Å². The van der Waals surface area contributed by atoms with Gasteiger partial charge in [-0.1, -0.05) is 38.2 Å². The molecule has 0 saturated carbocycles. The number of nitrogens with two attached hydrogens (primary N) is 1. The number of fused-ring (bicyclic) bond motifs is 1. The average Bonchev–Trinajstić information content (AvgIpc) is 2.68. The summed E-state index contributed by atoms with van der Waals surface area (Å²) in [5, 5.41) is 1.24. The maximum Gasteiger partial charge on any atom is 0.104 e. The fourth-order valence-electron chi connectivity index (χ4n) is 1.93. The zero-order chi connectivity index (χ0) is 12.4. The Labute approximate surface area is 107 Å². The first-order valence-electron chi connectivity index (χ1n) is 5.96. The van der Waals surface area contributed by atoms with E-state index in [1.165, 1.54) is 17.3 Å². The van der Waals surface area contributed by atoms with E-state index in [1.807, 2.05) is 6.07 Å². The smallest absolute Gasteiger partial charge is 0.104 e. The van der Waals surface area contributed by atoms with Crippen LogP contribution in [0.25, 0.3) is 10.9 Å². The van der Waals surface area contributed by atoms with Crippen LogP contribution in [0.3, 0.4) is 0 Å². The summed E-state index contributed by atoms with van der Waals surface area (Å²) in [5.74, 6) is 0.714. The number of hydrogen-bond donors (Lipinski definition) is 1. The Balaban J connectivity index is 2.36. The first kappa shape index (κ1) is 12.1. The van der Waals surface area contributed by atoms with Gasteiger partial charge in [0.2, 0.25) is 0 Å². The molecule has 0 aliphatic heterocycles. The fraction of sp³-hybridized carbons (Fsp3) is 0.357. The zero-order valence-electron chi connectivity index (χ0n) is 10.3. The predicted molar refractivity (Wildman–Crippen MR) is 77.3 cm³/mol. The quantitative estimate of drug-likeness (QED) is 0.839. The van der Waals surface area contributed by atoms with E-state index in [0.29, 0.717) is 10.9 Å². The summed E-state index contributed by atoms with van der Waals surface area (Å²) in [6, 6.07) is 8.28. The number of nitrogens with zero attached hydrogens (tertiary/aromatic N) is 1. The first-order chi connectivity index (χ1) is 8.08. The SMILES string of the molecule is CC(C)CCn1ccc2ccc(C(N)=S)cc21. The highest BCUT2D eigenvalue weighted by atomic mass is 32.1. The van der Waals surface area contributed by atoms with E-state index in [2.05, 4.69) is 42.8 Å². The Morgan fingerprint density at radius 2 is 2.12 bits per heavy atom. The molecule has 0 amide bonds. The standard InChI is InChI=1S/C14H18N2S/c1-10(2)5-7-16-8-6-11-3-4-12(14(15)17)9-13(11)16/h3-4,6,8-10H,5,7H2,1-2H3,(H2,15,17). The molecule has 1 aromatic heterocycles. The van der Waals surface area contributed by atoms with Gasteiger partial charge in [0.1, 0.15) is 4.99 Å². The molecular weight excluding hydrogens is 228 g/mol. The van der Waals surface area contributed by atoms with Crippen LogP contribution in [0.1, 0.15) is 25.8 Å². The van der Waals surface area contributed by atoms with Crippen LogP contribution in [0.5, 0.6) is 0 Å². The van der Waals surface area contributed by atoms with Gasteiger partial charge in [-0.3, -0.25) is 0 Å². The molecule has 2 aromatic rings. The van der Waals surface area contributed by atoms with E-state index >= 15 is 0 Å². The van der Waals surface area contributed by atoms with Crippen LogP contribution in [0.4, 0.5) is 0 Å². The number of aromatic nitrogens is 1.